The second-order valence-electron chi connectivity index (χ2n) is 11.5. The maximum Gasteiger partial charge on any atom is 0.308 e. The van der Waals surface area contributed by atoms with E-state index in [1.807, 2.05) is 19.9 Å². The van der Waals surface area contributed by atoms with Crippen molar-refractivity contribution in [3.63, 3.8) is 0 Å². The fourth-order valence-corrected chi connectivity index (χ4v) is 7.25. The van der Waals surface area contributed by atoms with E-state index < -0.39 is 30.1 Å². The largest absolute Gasteiger partial charge is 0.504 e. The van der Waals surface area contributed by atoms with E-state index in [0.29, 0.717) is 52.5 Å². The lowest BCUT2D eigenvalue weighted by atomic mass is 9.72. The normalized spacial score (nSPS) is 25.8. The molecule has 42 heavy (non-hydrogen) atoms. The van der Waals surface area contributed by atoms with Gasteiger partial charge in [-0.3, -0.25) is 14.5 Å². The molecule has 0 radical (unpaired) electrons. The molecule has 12 heteroatoms. The first-order chi connectivity index (χ1) is 20.1. The quantitative estimate of drug-likeness (QED) is 0.301. The Labute approximate surface area is 243 Å². The highest BCUT2D eigenvalue weighted by Crippen LogP contribution is 2.56. The molecule has 2 aromatic rings. The monoisotopic (exact) mass is 577 g/mol. The lowest BCUT2D eigenvalue weighted by Gasteiger charge is -2.56. The fourth-order valence-electron chi connectivity index (χ4n) is 7.25. The zero-order valence-corrected chi connectivity index (χ0v) is 24.2. The van der Waals surface area contributed by atoms with Gasteiger partial charge in [-0.05, 0) is 44.7 Å². The molecule has 6 atom stereocenters. The highest BCUT2D eigenvalue weighted by molar-refractivity contribution is 5.81. The van der Waals surface area contributed by atoms with Crippen LogP contribution < -0.4 is 35.3 Å². The number of fused-ring (bicyclic) bond motifs is 9. The summed E-state index contributed by atoms with van der Waals surface area (Å²) in [5, 5.41) is 28.6. The van der Waals surface area contributed by atoms with Crippen LogP contribution in [0.25, 0.3) is 0 Å². The van der Waals surface area contributed by atoms with Crippen molar-refractivity contribution in [2.45, 2.75) is 76.8 Å². The van der Waals surface area contributed by atoms with Gasteiger partial charge in [0.05, 0.1) is 31.3 Å². The van der Waals surface area contributed by atoms with E-state index in [1.165, 1.54) is 14.0 Å². The highest BCUT2D eigenvalue weighted by Gasteiger charge is 2.54. The predicted octanol–water partition coefficient (Wildman–Crippen LogP) is 1.56. The van der Waals surface area contributed by atoms with E-state index in [0.717, 1.165) is 16.7 Å². The Bertz CT molecular complexity index is 1530. The van der Waals surface area contributed by atoms with Crippen molar-refractivity contribution in [3.05, 3.63) is 39.4 Å². The first-order valence-electron chi connectivity index (χ1n) is 14.1. The van der Waals surface area contributed by atoms with Crippen LogP contribution in [0.1, 0.15) is 59.3 Å². The molecule has 5 N–H and O–H groups in total. The van der Waals surface area contributed by atoms with Crippen LogP contribution in [0, 0.1) is 25.2 Å². The van der Waals surface area contributed by atoms with Crippen LogP contribution in [-0.4, -0.2) is 66.5 Å². The average molecular weight is 578 g/mol. The number of hydrogen-bond acceptors (Lipinski definition) is 11. The minimum Gasteiger partial charge on any atom is -0.504 e. The second-order valence-corrected chi connectivity index (χ2v) is 11.5. The van der Waals surface area contributed by atoms with Crippen molar-refractivity contribution < 1.29 is 33.6 Å². The number of amides is 1. The number of phenols is 1. The molecule has 2 bridgehead atoms. The molecule has 12 nitrogen and oxygen atoms in total. The first-order valence-corrected chi connectivity index (χ1v) is 14.1. The van der Waals surface area contributed by atoms with Crippen molar-refractivity contribution in [1.29, 1.82) is 5.26 Å². The Morgan fingerprint density at radius 1 is 1.26 bits per heavy atom. The van der Waals surface area contributed by atoms with E-state index in [1.54, 1.807) is 6.92 Å². The van der Waals surface area contributed by atoms with E-state index >= 15 is 0 Å². The van der Waals surface area contributed by atoms with Crippen molar-refractivity contribution in [3.8, 4) is 34.8 Å². The number of hydrogen-bond donors (Lipinski definition) is 4. The van der Waals surface area contributed by atoms with Crippen molar-refractivity contribution in [1.82, 2.24) is 15.5 Å². The minimum absolute atomic E-state index is 0.0106. The molecule has 1 amide bonds. The molecule has 2 unspecified atom stereocenters. The molecule has 0 aromatic heterocycles. The number of methoxy groups -OCH3 is 1. The van der Waals surface area contributed by atoms with Gasteiger partial charge in [-0.15, -0.1) is 0 Å². The van der Waals surface area contributed by atoms with E-state index in [-0.39, 0.29) is 37.1 Å². The summed E-state index contributed by atoms with van der Waals surface area (Å²) in [6.45, 7) is 6.75. The van der Waals surface area contributed by atoms with Crippen LogP contribution in [0.15, 0.2) is 6.07 Å². The maximum atomic E-state index is 12.7. The van der Waals surface area contributed by atoms with Gasteiger partial charge in [-0.25, -0.2) is 0 Å². The van der Waals surface area contributed by atoms with E-state index in [2.05, 4.69) is 21.6 Å². The summed E-state index contributed by atoms with van der Waals surface area (Å²) in [7, 11) is 1.52. The number of phenolic OH excluding ortho intramolecular Hbond substituents is 1. The molecule has 4 aliphatic rings. The Balaban J connectivity index is 1.59. The van der Waals surface area contributed by atoms with Crippen molar-refractivity contribution >= 4 is 11.9 Å². The van der Waals surface area contributed by atoms with Crippen LogP contribution in [0.4, 0.5) is 0 Å². The molecule has 4 aliphatic heterocycles. The van der Waals surface area contributed by atoms with Crippen LogP contribution in [0.3, 0.4) is 0 Å². The Hall–Kier alpha value is -4.05. The number of nitrogens with zero attached hydrogens (tertiary/aromatic N) is 2. The van der Waals surface area contributed by atoms with Crippen LogP contribution in [0.2, 0.25) is 0 Å². The Kier molecular flexibility index (Phi) is 6.92. The summed E-state index contributed by atoms with van der Waals surface area (Å²) < 4.78 is 23.2. The molecule has 4 heterocycles. The SMILES string of the molecule is COc1c(C)cc2c(c1O)[C@H]1NC(C2)[C@H](C#N)N2C1Cc1c(OC(C)=O)c(C)c3c(c1[C@@H]2CNC(=O)[C@H](C)N)OCO3. The van der Waals surface area contributed by atoms with Gasteiger partial charge in [0.1, 0.15) is 11.8 Å². The fraction of sp³-hybridized carbons (Fsp3) is 0.500. The third kappa shape index (κ3) is 4.14. The first kappa shape index (κ1) is 28.1. The number of piperazine rings is 1. The third-order valence-corrected chi connectivity index (χ3v) is 8.89. The minimum atomic E-state index is -0.738. The summed E-state index contributed by atoms with van der Waals surface area (Å²) >= 11 is 0. The van der Waals surface area contributed by atoms with Gasteiger partial charge in [-0.2, -0.15) is 5.26 Å². The average Bonchev–Trinajstić information content (AvgIpc) is 3.43. The maximum absolute atomic E-state index is 12.7. The summed E-state index contributed by atoms with van der Waals surface area (Å²) in [6, 6.07) is 1.63. The number of ether oxygens (including phenoxy) is 4. The summed E-state index contributed by atoms with van der Waals surface area (Å²) in [4.78, 5) is 27.1. The number of esters is 1. The van der Waals surface area contributed by atoms with Crippen LogP contribution in [0.5, 0.6) is 28.7 Å². The number of benzene rings is 2. The molecule has 1 fully saturated rings. The number of aromatic hydroxyl groups is 1. The molecular formula is C30H35N5O7. The molecule has 0 aliphatic carbocycles. The lowest BCUT2D eigenvalue weighted by Crippen LogP contribution is -2.68. The predicted molar refractivity (Wildman–Crippen MR) is 150 cm³/mol. The highest BCUT2D eigenvalue weighted by atomic mass is 16.7. The Morgan fingerprint density at radius 3 is 2.67 bits per heavy atom. The van der Waals surface area contributed by atoms with E-state index in [4.69, 9.17) is 24.7 Å². The number of nitrogens with one attached hydrogen (secondary N) is 2. The van der Waals surface area contributed by atoms with Crippen molar-refractivity contribution in [2.24, 2.45) is 5.73 Å². The number of carbonyl (C=O) groups is 2. The van der Waals surface area contributed by atoms with Gasteiger partial charge in [-0.1, -0.05) is 6.07 Å². The van der Waals surface area contributed by atoms with Gasteiger partial charge in [0.2, 0.25) is 12.7 Å². The summed E-state index contributed by atoms with van der Waals surface area (Å²) in [6.07, 6.45) is 0.882. The molecule has 0 spiro atoms. The number of nitriles is 1. The molecule has 2 aromatic carbocycles. The van der Waals surface area contributed by atoms with Gasteiger partial charge in [0.15, 0.2) is 23.0 Å². The van der Waals surface area contributed by atoms with Crippen LogP contribution >= 0.6 is 0 Å². The number of rotatable bonds is 5. The molecular weight excluding hydrogens is 542 g/mol. The topological polar surface area (TPSA) is 168 Å². The van der Waals surface area contributed by atoms with Gasteiger partial charge < -0.3 is 40.4 Å². The Morgan fingerprint density at radius 2 is 2.00 bits per heavy atom. The third-order valence-electron chi connectivity index (χ3n) is 8.89. The summed E-state index contributed by atoms with van der Waals surface area (Å²) in [5.74, 6) is 1.00. The number of aryl methyl sites for hydroxylation is 1. The smallest absolute Gasteiger partial charge is 0.308 e. The summed E-state index contributed by atoms with van der Waals surface area (Å²) in [5.41, 5.74) is 10.4. The molecule has 222 valence electrons. The molecule has 0 saturated carbocycles. The van der Waals surface area contributed by atoms with E-state index in [9.17, 15) is 20.0 Å². The van der Waals surface area contributed by atoms with Gasteiger partial charge in [0, 0.05) is 47.8 Å². The zero-order valence-electron chi connectivity index (χ0n) is 24.2. The second kappa shape index (κ2) is 10.3. The van der Waals surface area contributed by atoms with Gasteiger partial charge >= 0.3 is 5.97 Å². The molecule has 6 rings (SSSR count). The number of nitrogens with two attached hydrogens (primary N) is 1. The lowest BCUT2D eigenvalue weighted by molar-refractivity contribution is -0.132. The zero-order chi connectivity index (χ0) is 30.0. The standard InChI is InChI=1S/C30H35N5O7/c1-12-6-16-7-18-20(9-31)35-19(24(34-18)22(16)25(37)26(12)39-5)8-17-23(21(35)10-33-30(38)14(3)32)29-28(40-11-41-29)13(2)27(17)42-15(4)36/h6,14,18-21,24,34,37H,7-8,10-11,32H2,1-5H3,(H,33,38)/t14-,18?,19?,20-,21-,24-/m0/s1. The van der Waals surface area contributed by atoms with Crippen molar-refractivity contribution in [2.75, 3.05) is 20.4 Å². The van der Waals surface area contributed by atoms with Crippen LogP contribution in [-0.2, 0) is 22.4 Å². The number of carbonyl (C=O) groups excluding carboxylic acids is 2. The molecule has 1 saturated heterocycles. The van der Waals surface area contributed by atoms with Gasteiger partial charge in [0.25, 0.3) is 0 Å².